The molecule has 0 spiro atoms. The Kier molecular flexibility index (Phi) is 2.88. The number of carbonyl (C=O) groups is 1. The molecule has 0 aromatic carbocycles. The van der Waals surface area contributed by atoms with Crippen LogP contribution in [0.25, 0.3) is 0 Å². The Morgan fingerprint density at radius 3 is 3.00 bits per heavy atom. The topological polar surface area (TPSA) is 48.4 Å². The van der Waals surface area contributed by atoms with Crippen LogP contribution in [0.3, 0.4) is 0 Å². The summed E-state index contributed by atoms with van der Waals surface area (Å²) in [6, 6.07) is 2.92. The van der Waals surface area contributed by atoms with E-state index in [2.05, 4.69) is 14.5 Å². The fraction of sp³-hybridized carbons (Fsp3) is 0.143. The fourth-order valence-electron chi connectivity index (χ4n) is 0.586. The van der Waals surface area contributed by atoms with E-state index in [1.54, 1.807) is 0 Å². The van der Waals surface area contributed by atoms with Crippen LogP contribution < -0.4 is 4.74 Å². The van der Waals surface area contributed by atoms with Crippen molar-refractivity contribution in [1.82, 2.24) is 4.98 Å². The van der Waals surface area contributed by atoms with Gasteiger partial charge in [-0.1, -0.05) is 11.6 Å². The van der Waals surface area contributed by atoms with Crippen molar-refractivity contribution < 1.29 is 14.3 Å². The van der Waals surface area contributed by atoms with Gasteiger partial charge in [0.05, 0.1) is 7.11 Å². The summed E-state index contributed by atoms with van der Waals surface area (Å²) in [5.74, 6) is 0.307. The number of carbonyl (C=O) groups excluding carboxylic acids is 1. The Hall–Kier alpha value is -1.29. The van der Waals surface area contributed by atoms with Gasteiger partial charge in [0.25, 0.3) is 0 Å². The Labute approximate surface area is 74.1 Å². The van der Waals surface area contributed by atoms with Crippen LogP contribution in [0.2, 0.25) is 5.15 Å². The van der Waals surface area contributed by atoms with Crippen LogP contribution in [0.5, 0.6) is 5.75 Å². The highest BCUT2D eigenvalue weighted by Crippen LogP contribution is 2.14. The number of halogens is 1. The van der Waals surface area contributed by atoms with Crippen LogP contribution in [0, 0.1) is 0 Å². The van der Waals surface area contributed by atoms with Crippen LogP contribution in [-0.2, 0) is 4.74 Å². The van der Waals surface area contributed by atoms with Gasteiger partial charge in [-0.3, -0.25) is 0 Å². The molecule has 12 heavy (non-hydrogen) atoms. The molecule has 1 aromatic heterocycles. The minimum absolute atomic E-state index is 0.261. The van der Waals surface area contributed by atoms with Gasteiger partial charge in [0.15, 0.2) is 0 Å². The van der Waals surface area contributed by atoms with E-state index in [0.717, 1.165) is 0 Å². The van der Waals surface area contributed by atoms with Crippen molar-refractivity contribution in [3.05, 3.63) is 23.5 Å². The molecule has 0 aliphatic heterocycles. The van der Waals surface area contributed by atoms with Crippen molar-refractivity contribution in [2.75, 3.05) is 7.11 Å². The van der Waals surface area contributed by atoms with E-state index in [9.17, 15) is 4.79 Å². The van der Waals surface area contributed by atoms with E-state index >= 15 is 0 Å². The molecule has 0 aliphatic rings. The van der Waals surface area contributed by atoms with E-state index in [0.29, 0.717) is 5.75 Å². The lowest BCUT2D eigenvalue weighted by Gasteiger charge is -2.00. The summed E-state index contributed by atoms with van der Waals surface area (Å²) in [4.78, 5) is 14.3. The number of methoxy groups -OCH3 is 1. The van der Waals surface area contributed by atoms with Gasteiger partial charge in [-0.15, -0.1) is 0 Å². The summed E-state index contributed by atoms with van der Waals surface area (Å²) in [7, 11) is 1.23. The Morgan fingerprint density at radius 1 is 1.67 bits per heavy atom. The Balaban J connectivity index is 2.69. The average molecular weight is 188 g/mol. The van der Waals surface area contributed by atoms with Crippen molar-refractivity contribution in [2.24, 2.45) is 0 Å². The van der Waals surface area contributed by atoms with Crippen LogP contribution in [0.4, 0.5) is 4.79 Å². The van der Waals surface area contributed by atoms with Gasteiger partial charge in [0.2, 0.25) is 0 Å². The molecule has 0 amide bonds. The van der Waals surface area contributed by atoms with Crippen molar-refractivity contribution >= 4 is 17.8 Å². The molecule has 0 bridgehead atoms. The lowest BCUT2D eigenvalue weighted by atomic mass is 10.5. The first-order chi connectivity index (χ1) is 5.72. The quantitative estimate of drug-likeness (QED) is 0.498. The van der Waals surface area contributed by atoms with Crippen LogP contribution >= 0.6 is 11.6 Å². The second-order valence-electron chi connectivity index (χ2n) is 1.87. The molecule has 64 valence electrons. The van der Waals surface area contributed by atoms with E-state index < -0.39 is 6.16 Å². The predicted octanol–water partition coefficient (Wildman–Crippen LogP) is 1.88. The molecule has 0 N–H and O–H groups in total. The largest absolute Gasteiger partial charge is 0.513 e. The molecular formula is C7H6ClNO3. The maximum absolute atomic E-state index is 10.6. The number of hydrogen-bond acceptors (Lipinski definition) is 4. The highest BCUT2D eigenvalue weighted by molar-refractivity contribution is 6.29. The van der Waals surface area contributed by atoms with E-state index in [1.165, 1.54) is 25.4 Å². The Bertz CT molecular complexity index is 290. The van der Waals surface area contributed by atoms with Crippen LogP contribution in [-0.4, -0.2) is 18.2 Å². The minimum Gasteiger partial charge on any atom is -0.437 e. The molecule has 1 aromatic rings. The molecule has 0 saturated heterocycles. The minimum atomic E-state index is -0.780. The lowest BCUT2D eigenvalue weighted by Crippen LogP contribution is -2.07. The zero-order valence-corrected chi connectivity index (χ0v) is 7.04. The first-order valence-electron chi connectivity index (χ1n) is 3.09. The van der Waals surface area contributed by atoms with E-state index in [4.69, 9.17) is 11.6 Å². The third-order valence-corrected chi connectivity index (χ3v) is 1.27. The highest BCUT2D eigenvalue weighted by Gasteiger charge is 2.02. The molecular weight excluding hydrogens is 182 g/mol. The van der Waals surface area contributed by atoms with E-state index in [1.807, 2.05) is 0 Å². The zero-order valence-electron chi connectivity index (χ0n) is 6.28. The molecule has 1 heterocycles. The summed E-state index contributed by atoms with van der Waals surface area (Å²) in [6.45, 7) is 0. The van der Waals surface area contributed by atoms with Crippen LogP contribution in [0.1, 0.15) is 0 Å². The van der Waals surface area contributed by atoms with E-state index in [-0.39, 0.29) is 5.15 Å². The number of nitrogens with zero attached hydrogens (tertiary/aromatic N) is 1. The second kappa shape index (κ2) is 3.92. The molecule has 5 heteroatoms. The predicted molar refractivity (Wildman–Crippen MR) is 42.3 cm³/mol. The standard InChI is InChI=1S/C7H6ClNO3/c1-11-7(10)12-5-2-3-9-6(8)4-5/h2-4H,1H3. The first kappa shape index (κ1) is 8.80. The fourth-order valence-corrected chi connectivity index (χ4v) is 0.750. The summed E-state index contributed by atoms with van der Waals surface area (Å²) < 4.78 is 8.93. The van der Waals surface area contributed by atoms with Gasteiger partial charge in [0.1, 0.15) is 10.9 Å². The van der Waals surface area contributed by atoms with Gasteiger partial charge in [0, 0.05) is 12.3 Å². The molecule has 0 atom stereocenters. The molecule has 0 aliphatic carbocycles. The summed E-state index contributed by atoms with van der Waals surface area (Å²) in [5, 5.41) is 0.261. The van der Waals surface area contributed by atoms with Crippen molar-refractivity contribution in [2.45, 2.75) is 0 Å². The molecule has 0 unspecified atom stereocenters. The maximum Gasteiger partial charge on any atom is 0.513 e. The smallest absolute Gasteiger partial charge is 0.437 e. The van der Waals surface area contributed by atoms with Gasteiger partial charge in [-0.2, -0.15) is 0 Å². The number of hydrogen-bond donors (Lipinski definition) is 0. The van der Waals surface area contributed by atoms with Crippen molar-refractivity contribution in [3.63, 3.8) is 0 Å². The number of ether oxygens (including phenoxy) is 2. The molecule has 1 rings (SSSR count). The third-order valence-electron chi connectivity index (χ3n) is 1.07. The SMILES string of the molecule is COC(=O)Oc1ccnc(Cl)c1. The van der Waals surface area contributed by atoms with Gasteiger partial charge in [-0.25, -0.2) is 9.78 Å². The van der Waals surface area contributed by atoms with Gasteiger partial charge < -0.3 is 9.47 Å². The zero-order chi connectivity index (χ0) is 8.97. The van der Waals surface area contributed by atoms with Crippen molar-refractivity contribution in [3.8, 4) is 5.75 Å². The number of aromatic nitrogens is 1. The monoisotopic (exact) mass is 187 g/mol. The summed E-state index contributed by atoms with van der Waals surface area (Å²) in [5.41, 5.74) is 0. The second-order valence-corrected chi connectivity index (χ2v) is 2.26. The van der Waals surface area contributed by atoms with Gasteiger partial charge in [-0.05, 0) is 6.07 Å². The first-order valence-corrected chi connectivity index (χ1v) is 3.47. The number of rotatable bonds is 1. The highest BCUT2D eigenvalue weighted by atomic mass is 35.5. The third kappa shape index (κ3) is 2.39. The van der Waals surface area contributed by atoms with Crippen molar-refractivity contribution in [1.29, 1.82) is 0 Å². The lowest BCUT2D eigenvalue weighted by molar-refractivity contribution is 0.121. The Morgan fingerprint density at radius 2 is 2.42 bits per heavy atom. The molecule has 0 radical (unpaired) electrons. The molecule has 4 nitrogen and oxygen atoms in total. The summed E-state index contributed by atoms with van der Waals surface area (Å²) in [6.07, 6.45) is 0.651. The normalized spacial score (nSPS) is 9.17. The van der Waals surface area contributed by atoms with Crippen LogP contribution in [0.15, 0.2) is 18.3 Å². The average Bonchev–Trinajstić information content (AvgIpc) is 2.04. The molecule has 0 fully saturated rings. The maximum atomic E-state index is 10.6. The summed E-state index contributed by atoms with van der Waals surface area (Å²) >= 11 is 5.53. The number of pyridine rings is 1. The van der Waals surface area contributed by atoms with Gasteiger partial charge >= 0.3 is 6.16 Å². The molecule has 0 saturated carbocycles.